The van der Waals surface area contributed by atoms with Crippen LogP contribution in [-0.2, 0) is 50.6 Å². The molecular formula is C77H77AsBiCaCuFeNiOPbSSbSi. The van der Waals surface area contributed by atoms with Gasteiger partial charge in [0.25, 0.3) is 0 Å². The molecule has 52 rings (SSSR count). The van der Waals surface area contributed by atoms with Gasteiger partial charge < -0.3 is 8.33 Å². The average molecular weight is 1910 g/mol. The van der Waals surface area contributed by atoms with Crippen LogP contribution in [0.5, 0.6) is 0 Å². The van der Waals surface area contributed by atoms with Gasteiger partial charge in [-0.3, -0.25) is 0 Å². The smallest absolute Gasteiger partial charge is 0.0149 e. The third kappa shape index (κ3) is 1.25. The maximum Gasteiger partial charge on any atom is -0.0149 e. The molecule has 52 aliphatic rings. The molecule has 451 valence electrons. The van der Waals surface area contributed by atoms with Crippen molar-refractivity contribution in [1.29, 1.82) is 0 Å². The largest absolute Gasteiger partial charge is 0.0149 e. The minimum atomic E-state index is 0. The van der Waals surface area contributed by atoms with E-state index >= 15 is 0 Å². The van der Waals surface area contributed by atoms with Gasteiger partial charge in [-0.25, -0.2) is 0 Å². The minimum Gasteiger partial charge on any atom is -0.0149 e. The Morgan fingerprint density at radius 2 is 0.477 bits per heavy atom. The molecule has 0 aromatic rings. The van der Waals surface area contributed by atoms with Gasteiger partial charge in [-0.1, -0.05) is 13.8 Å². The van der Waals surface area contributed by atoms with E-state index in [2.05, 4.69) is 0 Å². The maximum absolute atomic E-state index is 2.00. The van der Waals surface area contributed by atoms with Gasteiger partial charge in [-0.2, -0.15) is 13.5 Å². The van der Waals surface area contributed by atoms with E-state index in [1.54, 1.807) is 25.7 Å². The fourth-order valence-corrected chi connectivity index (χ4v) is 79.2. The van der Waals surface area contributed by atoms with Crippen molar-refractivity contribution in [2.45, 2.75) is 65.2 Å². The summed E-state index contributed by atoms with van der Waals surface area (Å²) in [4.78, 5) is 0. The zero-order valence-corrected chi connectivity index (χ0v) is 73.5. The van der Waals surface area contributed by atoms with E-state index in [0.717, 1.165) is 179 Å². The molecule has 49 unspecified atom stereocenters. The first-order valence-corrected chi connectivity index (χ1v) is 38.3. The van der Waals surface area contributed by atoms with Crippen LogP contribution in [-0.4, -0.2) is 150 Å². The Bertz CT molecular complexity index is 4610. The molecule has 1 nitrogen and oxygen atoms in total. The first-order chi connectivity index (χ1) is 38.3. The first kappa shape index (κ1) is 47.1. The summed E-state index contributed by atoms with van der Waals surface area (Å²) in [6.45, 7) is 4.00. The van der Waals surface area contributed by atoms with Gasteiger partial charge in [0, 0.05) is 50.6 Å². The van der Waals surface area contributed by atoms with Gasteiger partial charge in [-0.05, 0) is 442 Å². The zero-order chi connectivity index (χ0) is 43.8. The molecule has 2 N–H and O–H groups in total. The third-order valence-corrected chi connectivity index (χ3v) is 63.3. The molecule has 33 spiro atoms. The number of hydrogen-bond donors (Lipinski definition) is 0. The SMILES string of the molecule is C1C2C3C4CC5C6C7C8C9C%10C%11C%12C%13C%14CC%15C%16C%17CC%18C%19C%20C%21C%22C%23C%24C%25C%26C1C21C32C45C63C74C85C96C%107C%118C%129C%13%10C%15%14C%16%11C%17%18C%19%12C%20%13C%21%14C%22%15C%23%16C%24%17C%25%18C%261C23C%184C%175C%166C%157C%148C%139C%11%12%10.C1C2CC3C4C5CC6CC7C8C1C23C84C675.CC.O.S.[AsH3].[BiH3].[Ca+2].[Cu].[Fe].[H-].[H-].[Ni].[PbH2].[SbH3].[SiH4]. The van der Waals surface area contributed by atoms with Crippen molar-refractivity contribution in [2.24, 2.45) is 380 Å². The monoisotopic (exact) mass is 1910 g/mol. The molecule has 3 radical (unpaired) electrons. The van der Waals surface area contributed by atoms with Gasteiger partial charge in [0.15, 0.2) is 0 Å². The summed E-state index contributed by atoms with van der Waals surface area (Å²) in [5.74, 6) is 47.1. The van der Waals surface area contributed by atoms with Crippen LogP contribution < -0.4 is 0 Å². The average Bonchev–Trinajstić information content (AvgIpc) is 0.422. The van der Waals surface area contributed by atoms with Crippen LogP contribution in [0.4, 0.5) is 0 Å². The summed E-state index contributed by atoms with van der Waals surface area (Å²) >= 11 is 0. The minimum absolute atomic E-state index is 0. The van der Waals surface area contributed by atoms with Crippen LogP contribution in [0.3, 0.4) is 0 Å². The summed E-state index contributed by atoms with van der Waals surface area (Å²) in [5, 5.41) is 0. The van der Waals surface area contributed by atoms with Crippen LogP contribution >= 0.6 is 13.5 Å². The van der Waals surface area contributed by atoms with Crippen molar-refractivity contribution in [2.75, 3.05) is 0 Å². The summed E-state index contributed by atoms with van der Waals surface area (Å²) in [5.41, 5.74) is 37.3. The Morgan fingerprint density at radius 3 is 0.705 bits per heavy atom. The summed E-state index contributed by atoms with van der Waals surface area (Å²) < 4.78 is 0. The second-order valence-corrected chi connectivity index (χ2v) is 47.8. The zero-order valence-electron chi connectivity index (χ0n) is 51.3. The molecule has 0 bridgehead atoms. The summed E-state index contributed by atoms with van der Waals surface area (Å²) in [7, 11) is 0. The molecule has 0 amide bonds. The Morgan fingerprint density at radius 1 is 0.284 bits per heavy atom. The molecule has 88 heavy (non-hydrogen) atoms. The van der Waals surface area contributed by atoms with Crippen molar-refractivity contribution in [3.8, 4) is 0 Å². The quantitative estimate of drug-likeness (QED) is 0.331. The summed E-state index contributed by atoms with van der Waals surface area (Å²) in [6.07, 6.45) is 14.2. The molecule has 0 heterocycles. The van der Waals surface area contributed by atoms with Crippen molar-refractivity contribution in [1.82, 2.24) is 0 Å². The van der Waals surface area contributed by atoms with Crippen LogP contribution in [0, 0.1) is 380 Å². The Kier molecular flexibility index (Phi) is 4.33. The van der Waals surface area contributed by atoms with E-state index in [4.69, 9.17) is 0 Å². The topological polar surface area (TPSA) is 31.5 Å². The second kappa shape index (κ2) is 8.09. The van der Waals surface area contributed by atoms with Gasteiger partial charge in [0.1, 0.15) is 0 Å². The molecule has 0 saturated heterocycles. The van der Waals surface area contributed by atoms with Crippen molar-refractivity contribution in [3.63, 3.8) is 0 Å². The van der Waals surface area contributed by atoms with Gasteiger partial charge in [0.05, 0.1) is 0 Å². The predicted molar refractivity (Wildman–Crippen MR) is 319 cm³/mol. The van der Waals surface area contributed by atoms with Gasteiger partial charge in [-0.15, -0.1) is 0 Å². The fourth-order valence-electron chi connectivity index (χ4n) is 79.2. The summed E-state index contributed by atoms with van der Waals surface area (Å²) in [6, 6.07) is 0. The Balaban J connectivity index is 0.000000124. The Labute approximate surface area is 652 Å². The fraction of sp³-hybridized carbons (Fsp3) is 1.00. The van der Waals surface area contributed by atoms with E-state index in [9.17, 15) is 0 Å². The Hall–Kier alpha value is 6.50. The molecule has 0 aliphatic heterocycles. The standard InChI is InChI=1S/C60H34.C15H16.C2H6.AsH3.Bi.Ca.Cu.Fe.Ni.H2O.Pb.H2S.Sb.H4Si.10H/c1-5-13-6-2-10-16-20-25-29-30-26-22-18-12-4-8-14-7-3-11-17-21-24-28-27-23-19-15-9(1)31(5)35(13)32(6,10)38(16)42(20)46(25)51(29)52(30)48(26)44(22)40(18)34(8,12)36(14)33(7,11)39(17)43(21)47(24)50(28)49(27)45(23)41(19)37(15,31)53(35,38)55(41,42)57(45,46)59(49,51)60(50,52)58(47,48)56(43,44)54(36,39)40;1-5-2-8-12-10-4-6-3-9-11-7(1)13(5,8)15(11,12)14(6,9)10;1-2;;;;;;;;;;;;;;;;;;;;;/h5-30H,1-4H2;5-12H,1-4H2;1-2H3;1H3;;;;;;1H2;;1H2;;1H4;;;;;;;;;;/q;;;;;+2;;;;;;;;;;;;;;;;;2*-1. The molecular weight excluding hydrogens is 1830 g/mol. The van der Waals surface area contributed by atoms with Crippen molar-refractivity contribution in [3.05, 3.63) is 0 Å². The van der Waals surface area contributed by atoms with E-state index in [0.29, 0.717) is 0 Å². The van der Waals surface area contributed by atoms with E-state index < -0.39 is 0 Å². The van der Waals surface area contributed by atoms with Crippen LogP contribution in [0.15, 0.2) is 0 Å². The van der Waals surface area contributed by atoms with Crippen LogP contribution in [0.2, 0.25) is 0 Å². The number of rotatable bonds is 0. The molecule has 52 aliphatic carbocycles. The number of fused-ring (bicyclic) bond motifs is 26. The van der Waals surface area contributed by atoms with Crippen LogP contribution in [0.25, 0.3) is 0 Å². The second-order valence-electron chi connectivity index (χ2n) is 47.8. The van der Waals surface area contributed by atoms with Crippen molar-refractivity contribution >= 4 is 158 Å². The predicted octanol–water partition coefficient (Wildman–Crippen LogP) is 1.53. The van der Waals surface area contributed by atoms with Crippen LogP contribution in [0.1, 0.15) is 68.1 Å². The van der Waals surface area contributed by atoms with E-state index in [-0.39, 0.29) is 217 Å². The van der Waals surface area contributed by atoms with E-state index in [1.165, 1.54) is 201 Å². The third-order valence-electron chi connectivity index (χ3n) is 63.3. The number of hydrogen-bond acceptors (Lipinski definition) is 0. The van der Waals surface area contributed by atoms with Gasteiger partial charge >= 0.3 is 134 Å². The molecule has 49 atom stereocenters. The van der Waals surface area contributed by atoms with Gasteiger partial charge in [0.2, 0.25) is 0 Å². The molecule has 52 fully saturated rings. The maximum atomic E-state index is 2.00. The molecule has 11 heteroatoms. The van der Waals surface area contributed by atoms with Crippen molar-refractivity contribution < 1.29 is 59.0 Å². The molecule has 0 aromatic heterocycles. The normalized spacial score (nSPS) is 116. The molecule has 0 aromatic carbocycles. The first-order valence-electron chi connectivity index (χ1n) is 38.3. The van der Waals surface area contributed by atoms with E-state index in [1.807, 2.05) is 39.5 Å². The molecule has 52 saturated carbocycles.